The van der Waals surface area contributed by atoms with Crippen LogP contribution in [-0.2, 0) is 11.0 Å². The van der Waals surface area contributed by atoms with E-state index in [1.165, 1.54) is 0 Å². The first-order valence-corrected chi connectivity index (χ1v) is 9.45. The summed E-state index contributed by atoms with van der Waals surface area (Å²) in [5, 5.41) is 9.47. The van der Waals surface area contributed by atoms with Gasteiger partial charge in [0, 0.05) is 18.5 Å². The molecule has 1 heterocycles. The molecule has 130 valence electrons. The van der Waals surface area contributed by atoms with Gasteiger partial charge in [-0.1, -0.05) is 30.7 Å². The molecule has 0 N–H and O–H groups in total. The molecule has 0 aliphatic carbocycles. The molecule has 1 aliphatic rings. The normalized spacial score (nSPS) is 17.4. The summed E-state index contributed by atoms with van der Waals surface area (Å²) in [5.74, 6) is 0.682. The van der Waals surface area contributed by atoms with E-state index in [4.69, 9.17) is 21.6 Å². The van der Waals surface area contributed by atoms with Gasteiger partial charge in [-0.15, -0.1) is 0 Å². The van der Waals surface area contributed by atoms with Crippen LogP contribution in [0.2, 0.25) is 5.02 Å². The number of nitrogens with zero attached hydrogens (tertiary/aromatic N) is 2. The molecular weight excluding hydrogens is 356 g/mol. The highest BCUT2D eigenvalue weighted by Crippen LogP contribution is 2.35. The molecule has 0 amide bonds. The number of benzene rings is 2. The number of rotatable bonds is 5. The lowest BCUT2D eigenvalue weighted by Crippen LogP contribution is -2.57. The van der Waals surface area contributed by atoms with Gasteiger partial charge in [-0.3, -0.25) is 0 Å². The SMILES string of the molecule is Cc1ccc(S(=O)N2CC(C)(COc3cccc(C#N)c3)C2)c(Cl)c1. The molecule has 1 aliphatic heterocycles. The van der Waals surface area contributed by atoms with E-state index < -0.39 is 11.0 Å². The van der Waals surface area contributed by atoms with Crippen LogP contribution in [0.5, 0.6) is 5.75 Å². The van der Waals surface area contributed by atoms with Gasteiger partial charge in [0.2, 0.25) is 0 Å². The van der Waals surface area contributed by atoms with E-state index in [1.54, 1.807) is 18.2 Å². The van der Waals surface area contributed by atoms with Crippen molar-refractivity contribution in [3.8, 4) is 11.8 Å². The van der Waals surface area contributed by atoms with Crippen molar-refractivity contribution in [3.63, 3.8) is 0 Å². The molecular formula is C19H19ClN2O2S. The maximum atomic E-state index is 12.7. The molecule has 0 spiro atoms. The minimum Gasteiger partial charge on any atom is -0.493 e. The zero-order valence-electron chi connectivity index (χ0n) is 14.2. The average Bonchev–Trinajstić information content (AvgIpc) is 2.57. The van der Waals surface area contributed by atoms with Crippen LogP contribution in [-0.4, -0.2) is 28.2 Å². The van der Waals surface area contributed by atoms with Gasteiger partial charge in [0.15, 0.2) is 0 Å². The molecule has 1 atom stereocenters. The fourth-order valence-electron chi connectivity index (χ4n) is 2.81. The van der Waals surface area contributed by atoms with E-state index in [9.17, 15) is 4.21 Å². The van der Waals surface area contributed by atoms with Gasteiger partial charge in [0.1, 0.15) is 16.7 Å². The number of hydrogen-bond donors (Lipinski definition) is 0. The van der Waals surface area contributed by atoms with Gasteiger partial charge in [-0.05, 0) is 42.8 Å². The zero-order valence-corrected chi connectivity index (χ0v) is 15.7. The van der Waals surface area contributed by atoms with Crippen molar-refractivity contribution in [2.45, 2.75) is 18.7 Å². The van der Waals surface area contributed by atoms with Crippen LogP contribution in [0.15, 0.2) is 47.4 Å². The van der Waals surface area contributed by atoms with Gasteiger partial charge in [-0.25, -0.2) is 8.51 Å². The topological polar surface area (TPSA) is 53.3 Å². The van der Waals surface area contributed by atoms with Crippen molar-refractivity contribution in [1.29, 1.82) is 5.26 Å². The van der Waals surface area contributed by atoms with Crippen molar-refractivity contribution in [3.05, 3.63) is 58.6 Å². The summed E-state index contributed by atoms with van der Waals surface area (Å²) < 4.78 is 20.4. The maximum Gasteiger partial charge on any atom is 0.129 e. The van der Waals surface area contributed by atoms with Crippen LogP contribution < -0.4 is 4.74 Å². The second-order valence-corrected chi connectivity index (χ2v) is 8.58. The second-order valence-electron chi connectivity index (χ2n) is 6.72. The Morgan fingerprint density at radius 3 is 2.76 bits per heavy atom. The Morgan fingerprint density at radius 1 is 1.32 bits per heavy atom. The minimum absolute atomic E-state index is 0.0739. The third kappa shape index (κ3) is 4.04. The standard InChI is InChI=1S/C19H19ClN2O2S/c1-14-6-7-18(17(20)8-14)25(23)22-11-19(2,12-22)13-24-16-5-3-4-15(9-16)10-21/h3-9H,11-13H2,1-2H3. The van der Waals surface area contributed by atoms with Gasteiger partial charge in [-0.2, -0.15) is 5.26 Å². The summed E-state index contributed by atoms with van der Waals surface area (Å²) in [7, 11) is -1.26. The minimum atomic E-state index is -1.26. The van der Waals surface area contributed by atoms with Crippen LogP contribution in [0.3, 0.4) is 0 Å². The highest BCUT2D eigenvalue weighted by molar-refractivity contribution is 7.82. The molecule has 0 radical (unpaired) electrons. The Bertz CT molecular complexity index is 857. The Kier molecular flexibility index (Phi) is 5.14. The van der Waals surface area contributed by atoms with E-state index in [1.807, 2.05) is 35.5 Å². The van der Waals surface area contributed by atoms with E-state index >= 15 is 0 Å². The van der Waals surface area contributed by atoms with Gasteiger partial charge in [0.05, 0.1) is 28.2 Å². The summed E-state index contributed by atoms with van der Waals surface area (Å²) >= 11 is 6.22. The van der Waals surface area contributed by atoms with Crippen molar-refractivity contribution >= 4 is 22.6 Å². The highest BCUT2D eigenvalue weighted by Gasteiger charge is 2.43. The molecule has 1 saturated heterocycles. The molecule has 0 saturated carbocycles. The molecule has 0 aromatic heterocycles. The molecule has 1 unspecified atom stereocenters. The number of hydrogen-bond acceptors (Lipinski definition) is 3. The molecule has 3 rings (SSSR count). The van der Waals surface area contributed by atoms with Crippen molar-refractivity contribution in [2.75, 3.05) is 19.7 Å². The number of ether oxygens (including phenoxy) is 1. The zero-order chi connectivity index (χ0) is 18.0. The molecule has 6 heteroatoms. The molecule has 4 nitrogen and oxygen atoms in total. The predicted molar refractivity (Wildman–Crippen MR) is 98.9 cm³/mol. The smallest absolute Gasteiger partial charge is 0.129 e. The third-order valence-electron chi connectivity index (χ3n) is 4.18. The van der Waals surface area contributed by atoms with E-state index in [2.05, 4.69) is 13.0 Å². The van der Waals surface area contributed by atoms with Crippen LogP contribution >= 0.6 is 11.6 Å². The van der Waals surface area contributed by atoms with Crippen molar-refractivity contribution < 1.29 is 8.95 Å². The van der Waals surface area contributed by atoms with Gasteiger partial charge in [0.25, 0.3) is 0 Å². The van der Waals surface area contributed by atoms with Crippen molar-refractivity contribution in [1.82, 2.24) is 4.31 Å². The molecule has 2 aromatic carbocycles. The monoisotopic (exact) mass is 374 g/mol. The Labute approximate surface area is 155 Å². The number of nitriles is 1. The van der Waals surface area contributed by atoms with Crippen molar-refractivity contribution in [2.24, 2.45) is 5.41 Å². The first-order valence-electron chi connectivity index (χ1n) is 7.96. The third-order valence-corrected chi connectivity index (χ3v) is 6.06. The highest BCUT2D eigenvalue weighted by atomic mass is 35.5. The number of halogens is 1. The average molecular weight is 375 g/mol. The first-order chi connectivity index (χ1) is 11.9. The summed E-state index contributed by atoms with van der Waals surface area (Å²) in [4.78, 5) is 0.650. The Morgan fingerprint density at radius 2 is 2.08 bits per heavy atom. The van der Waals surface area contributed by atoms with Gasteiger partial charge < -0.3 is 4.74 Å². The van der Waals surface area contributed by atoms with Crippen LogP contribution in [0, 0.1) is 23.7 Å². The Balaban J connectivity index is 1.58. The fraction of sp³-hybridized carbons (Fsp3) is 0.316. The van der Waals surface area contributed by atoms with Gasteiger partial charge >= 0.3 is 0 Å². The quantitative estimate of drug-likeness (QED) is 0.796. The Hall–Kier alpha value is -1.87. The summed E-state index contributed by atoms with van der Waals surface area (Å²) in [6.45, 7) is 5.91. The lowest BCUT2D eigenvalue weighted by Gasteiger charge is -2.46. The molecule has 0 bridgehead atoms. The van der Waals surface area contributed by atoms with E-state index in [0.29, 0.717) is 40.9 Å². The molecule has 25 heavy (non-hydrogen) atoms. The van der Waals surface area contributed by atoms with E-state index in [-0.39, 0.29) is 5.41 Å². The van der Waals surface area contributed by atoms with Crippen LogP contribution in [0.1, 0.15) is 18.1 Å². The fourth-order valence-corrected chi connectivity index (χ4v) is 4.79. The van der Waals surface area contributed by atoms with E-state index in [0.717, 1.165) is 5.56 Å². The lowest BCUT2D eigenvalue weighted by molar-refractivity contribution is 0.0395. The summed E-state index contributed by atoms with van der Waals surface area (Å²) in [6, 6.07) is 14.8. The summed E-state index contributed by atoms with van der Waals surface area (Å²) in [6.07, 6.45) is 0. The molecule has 1 fully saturated rings. The largest absolute Gasteiger partial charge is 0.493 e. The predicted octanol–water partition coefficient (Wildman–Crippen LogP) is 3.94. The van der Waals surface area contributed by atoms with Crippen LogP contribution in [0.4, 0.5) is 0 Å². The maximum absolute atomic E-state index is 12.7. The molecule has 2 aromatic rings. The lowest BCUT2D eigenvalue weighted by atomic mass is 9.85. The first kappa shape index (κ1) is 17.9. The number of aryl methyl sites for hydroxylation is 1. The van der Waals surface area contributed by atoms with Crippen LogP contribution in [0.25, 0.3) is 0 Å². The summed E-state index contributed by atoms with van der Waals surface area (Å²) in [5.41, 5.74) is 1.55. The second kappa shape index (κ2) is 7.17.